The lowest BCUT2D eigenvalue weighted by Crippen LogP contribution is -2.42. The number of amides is 1. The molecule has 0 spiro atoms. The third-order valence-corrected chi connectivity index (χ3v) is 3.46. The van der Waals surface area contributed by atoms with Crippen molar-refractivity contribution >= 4 is 11.7 Å². The Kier molecular flexibility index (Phi) is 5.31. The van der Waals surface area contributed by atoms with Gasteiger partial charge in [-0.05, 0) is 6.07 Å². The topological polar surface area (TPSA) is 80.5 Å². The molecule has 1 aromatic rings. The summed E-state index contributed by atoms with van der Waals surface area (Å²) < 4.78 is 5.30. The van der Waals surface area contributed by atoms with Crippen LogP contribution in [0.5, 0.6) is 0 Å². The molecule has 1 aliphatic heterocycles. The Balaban J connectivity index is 1.77. The molecule has 6 heteroatoms. The molecule has 2 rings (SSSR count). The van der Waals surface area contributed by atoms with Crippen LogP contribution in [-0.4, -0.2) is 48.6 Å². The van der Waals surface area contributed by atoms with Crippen molar-refractivity contribution < 1.29 is 9.53 Å². The molecule has 110 valence electrons. The van der Waals surface area contributed by atoms with Gasteiger partial charge in [0.05, 0.1) is 13.2 Å². The summed E-state index contributed by atoms with van der Waals surface area (Å²) in [6.07, 6.45) is 1.64. The summed E-state index contributed by atoms with van der Waals surface area (Å²) in [5.74, 6) is 0.458. The van der Waals surface area contributed by atoms with Gasteiger partial charge >= 0.3 is 0 Å². The van der Waals surface area contributed by atoms with Crippen LogP contribution in [0.1, 0.15) is 12.5 Å². The second kappa shape index (κ2) is 7.21. The van der Waals surface area contributed by atoms with Gasteiger partial charge in [-0.2, -0.15) is 0 Å². The molecule has 20 heavy (non-hydrogen) atoms. The highest BCUT2D eigenvalue weighted by Crippen LogP contribution is 2.08. The standard InChI is InChI=1S/C14H22N4O2/c1-11(10-18-5-7-20-8-6-18)14(19)17-9-12-3-2-4-16-13(12)15/h2-4,11H,5-10H2,1H3,(H2,15,16)(H,17,19)/t11-/m1/s1. The van der Waals surface area contributed by atoms with Gasteiger partial charge in [0.25, 0.3) is 0 Å². The van der Waals surface area contributed by atoms with E-state index in [1.807, 2.05) is 19.1 Å². The van der Waals surface area contributed by atoms with Crippen molar-refractivity contribution in [2.45, 2.75) is 13.5 Å². The van der Waals surface area contributed by atoms with Gasteiger partial charge in [0.1, 0.15) is 5.82 Å². The zero-order valence-corrected chi connectivity index (χ0v) is 11.8. The zero-order chi connectivity index (χ0) is 14.4. The lowest BCUT2D eigenvalue weighted by atomic mass is 10.1. The van der Waals surface area contributed by atoms with Gasteiger partial charge < -0.3 is 15.8 Å². The number of morpholine rings is 1. The van der Waals surface area contributed by atoms with E-state index in [0.717, 1.165) is 38.4 Å². The number of nitrogens with one attached hydrogen (secondary N) is 1. The third kappa shape index (κ3) is 4.18. The van der Waals surface area contributed by atoms with Crippen LogP contribution < -0.4 is 11.1 Å². The molecule has 0 aliphatic carbocycles. The second-order valence-electron chi connectivity index (χ2n) is 5.08. The van der Waals surface area contributed by atoms with Crippen LogP contribution in [0.15, 0.2) is 18.3 Å². The van der Waals surface area contributed by atoms with Crippen molar-refractivity contribution in [1.29, 1.82) is 0 Å². The third-order valence-electron chi connectivity index (χ3n) is 3.46. The van der Waals surface area contributed by atoms with Crippen LogP contribution in [-0.2, 0) is 16.1 Å². The highest BCUT2D eigenvalue weighted by molar-refractivity contribution is 5.78. The maximum atomic E-state index is 12.1. The molecule has 1 aromatic heterocycles. The fourth-order valence-corrected chi connectivity index (χ4v) is 2.21. The summed E-state index contributed by atoms with van der Waals surface area (Å²) >= 11 is 0. The van der Waals surface area contributed by atoms with Crippen LogP contribution in [0, 0.1) is 5.92 Å². The number of anilines is 1. The summed E-state index contributed by atoms with van der Waals surface area (Å²) in [5.41, 5.74) is 6.59. The van der Waals surface area contributed by atoms with E-state index in [-0.39, 0.29) is 11.8 Å². The Morgan fingerprint density at radius 3 is 3.00 bits per heavy atom. The molecule has 1 aliphatic rings. The van der Waals surface area contributed by atoms with Gasteiger partial charge in [-0.15, -0.1) is 0 Å². The normalized spacial score (nSPS) is 17.6. The number of rotatable bonds is 5. The molecule has 0 aromatic carbocycles. The Bertz CT molecular complexity index is 447. The molecule has 0 radical (unpaired) electrons. The highest BCUT2D eigenvalue weighted by atomic mass is 16.5. The zero-order valence-electron chi connectivity index (χ0n) is 11.8. The summed E-state index contributed by atoms with van der Waals surface area (Å²) in [6, 6.07) is 3.68. The van der Waals surface area contributed by atoms with Crippen LogP contribution in [0.4, 0.5) is 5.82 Å². The van der Waals surface area contributed by atoms with E-state index in [1.54, 1.807) is 6.20 Å². The number of nitrogens with zero attached hydrogens (tertiary/aromatic N) is 2. The van der Waals surface area contributed by atoms with E-state index < -0.39 is 0 Å². The van der Waals surface area contributed by atoms with Gasteiger partial charge in [0, 0.05) is 43.9 Å². The van der Waals surface area contributed by atoms with Gasteiger partial charge in [0.15, 0.2) is 0 Å². The first-order valence-corrected chi connectivity index (χ1v) is 6.94. The molecule has 1 fully saturated rings. The van der Waals surface area contributed by atoms with E-state index in [9.17, 15) is 4.79 Å². The molecular weight excluding hydrogens is 256 g/mol. The van der Waals surface area contributed by atoms with Gasteiger partial charge in [-0.25, -0.2) is 4.98 Å². The van der Waals surface area contributed by atoms with Crippen molar-refractivity contribution in [2.24, 2.45) is 5.92 Å². The average molecular weight is 278 g/mol. The fraction of sp³-hybridized carbons (Fsp3) is 0.571. The first kappa shape index (κ1) is 14.7. The molecule has 2 heterocycles. The molecular formula is C14H22N4O2. The Morgan fingerprint density at radius 1 is 1.55 bits per heavy atom. The van der Waals surface area contributed by atoms with E-state index in [4.69, 9.17) is 10.5 Å². The van der Waals surface area contributed by atoms with Crippen molar-refractivity contribution in [3.8, 4) is 0 Å². The molecule has 1 atom stereocenters. The van der Waals surface area contributed by atoms with Crippen molar-refractivity contribution in [1.82, 2.24) is 15.2 Å². The number of nitrogens with two attached hydrogens (primary N) is 1. The fourth-order valence-electron chi connectivity index (χ4n) is 2.21. The number of aromatic nitrogens is 1. The van der Waals surface area contributed by atoms with E-state index in [2.05, 4.69) is 15.2 Å². The molecule has 6 nitrogen and oxygen atoms in total. The highest BCUT2D eigenvalue weighted by Gasteiger charge is 2.18. The summed E-state index contributed by atoms with van der Waals surface area (Å²) in [7, 11) is 0. The molecule has 3 N–H and O–H groups in total. The molecule has 1 amide bonds. The van der Waals surface area contributed by atoms with E-state index in [0.29, 0.717) is 12.4 Å². The number of carbonyl (C=O) groups excluding carboxylic acids is 1. The predicted molar refractivity (Wildman–Crippen MR) is 76.9 cm³/mol. The maximum absolute atomic E-state index is 12.1. The first-order valence-electron chi connectivity index (χ1n) is 6.94. The number of ether oxygens (including phenoxy) is 1. The van der Waals surface area contributed by atoms with Crippen LogP contribution in [0.2, 0.25) is 0 Å². The minimum Gasteiger partial charge on any atom is -0.383 e. The number of hydrogen-bond donors (Lipinski definition) is 2. The lowest BCUT2D eigenvalue weighted by Gasteiger charge is -2.28. The maximum Gasteiger partial charge on any atom is 0.224 e. The molecule has 0 unspecified atom stereocenters. The number of hydrogen-bond acceptors (Lipinski definition) is 5. The lowest BCUT2D eigenvalue weighted by molar-refractivity contribution is -0.125. The molecule has 1 saturated heterocycles. The quantitative estimate of drug-likeness (QED) is 0.807. The van der Waals surface area contributed by atoms with Gasteiger partial charge in [-0.3, -0.25) is 9.69 Å². The minimum atomic E-state index is -0.0500. The van der Waals surface area contributed by atoms with E-state index in [1.165, 1.54) is 0 Å². The smallest absolute Gasteiger partial charge is 0.224 e. The van der Waals surface area contributed by atoms with Crippen molar-refractivity contribution in [2.75, 3.05) is 38.6 Å². The van der Waals surface area contributed by atoms with Crippen LogP contribution in [0.3, 0.4) is 0 Å². The SMILES string of the molecule is C[C@H](CN1CCOCC1)C(=O)NCc1cccnc1N. The molecule has 0 saturated carbocycles. The Labute approximate surface area is 119 Å². The second-order valence-corrected chi connectivity index (χ2v) is 5.08. The number of nitrogen functional groups attached to an aromatic ring is 1. The Morgan fingerprint density at radius 2 is 2.30 bits per heavy atom. The van der Waals surface area contributed by atoms with Crippen LogP contribution >= 0.6 is 0 Å². The minimum absolute atomic E-state index is 0.0414. The monoisotopic (exact) mass is 278 g/mol. The number of carbonyl (C=O) groups is 1. The summed E-state index contributed by atoms with van der Waals surface area (Å²) in [6.45, 7) is 6.42. The number of pyridine rings is 1. The van der Waals surface area contributed by atoms with Crippen molar-refractivity contribution in [3.05, 3.63) is 23.9 Å². The van der Waals surface area contributed by atoms with Gasteiger partial charge in [0.2, 0.25) is 5.91 Å². The average Bonchev–Trinajstić information content (AvgIpc) is 2.47. The Hall–Kier alpha value is -1.66. The summed E-state index contributed by atoms with van der Waals surface area (Å²) in [5, 5.41) is 2.91. The predicted octanol–water partition coefficient (Wildman–Crippen LogP) is 0.248. The van der Waals surface area contributed by atoms with Crippen molar-refractivity contribution in [3.63, 3.8) is 0 Å². The summed E-state index contributed by atoms with van der Waals surface area (Å²) in [4.78, 5) is 18.3. The largest absolute Gasteiger partial charge is 0.383 e. The van der Waals surface area contributed by atoms with Crippen LogP contribution in [0.25, 0.3) is 0 Å². The van der Waals surface area contributed by atoms with E-state index >= 15 is 0 Å². The van der Waals surface area contributed by atoms with Gasteiger partial charge in [-0.1, -0.05) is 13.0 Å². The first-order chi connectivity index (χ1) is 9.66. The molecule has 0 bridgehead atoms.